The summed E-state index contributed by atoms with van der Waals surface area (Å²) in [6, 6.07) is 12.8. The van der Waals surface area contributed by atoms with Crippen LogP contribution in [0, 0.1) is 5.82 Å². The molecule has 34 heavy (non-hydrogen) atoms. The van der Waals surface area contributed by atoms with Crippen molar-refractivity contribution in [2.75, 3.05) is 5.32 Å². The summed E-state index contributed by atoms with van der Waals surface area (Å²) in [6.45, 7) is 0. The number of carbonyl (C=O) groups excluding carboxylic acids is 1. The second-order valence-corrected chi connectivity index (χ2v) is 8.59. The van der Waals surface area contributed by atoms with Gasteiger partial charge in [-0.2, -0.15) is 0 Å². The first-order valence-corrected chi connectivity index (χ1v) is 11.3. The predicted molar refractivity (Wildman–Crippen MR) is 126 cm³/mol. The van der Waals surface area contributed by atoms with Crippen LogP contribution in [0.15, 0.2) is 48.5 Å². The molecule has 3 aromatic carbocycles. The summed E-state index contributed by atoms with van der Waals surface area (Å²) < 4.78 is 19.3. The van der Waals surface area contributed by atoms with E-state index in [1.165, 1.54) is 12.1 Å². The fourth-order valence-corrected chi connectivity index (χ4v) is 4.40. The van der Waals surface area contributed by atoms with Crippen LogP contribution >= 0.6 is 11.6 Å². The van der Waals surface area contributed by atoms with Crippen LogP contribution in [0.3, 0.4) is 0 Å². The van der Waals surface area contributed by atoms with Gasteiger partial charge in [-0.3, -0.25) is 9.59 Å². The van der Waals surface area contributed by atoms with Crippen molar-refractivity contribution in [3.8, 4) is 17.2 Å². The standard InChI is InChI=1S/C26H23ClFNO5/c27-21-13-22(29-24(31)14-25(32)33)19-2-1-3-20(19)26(21)34-18-10-11-23(30)16(12-18)7-4-15-5-8-17(28)9-6-15/h5-6,8-13,30H,1-4,7,14H2,(H,29,31)(H,32,33). The number of benzene rings is 3. The van der Waals surface area contributed by atoms with E-state index >= 15 is 0 Å². The molecule has 6 nitrogen and oxygen atoms in total. The number of carboxylic acid groups (broad SMARTS) is 1. The van der Waals surface area contributed by atoms with Gasteiger partial charge < -0.3 is 20.3 Å². The molecule has 3 N–H and O–H groups in total. The van der Waals surface area contributed by atoms with Crippen LogP contribution < -0.4 is 10.1 Å². The van der Waals surface area contributed by atoms with Gasteiger partial charge >= 0.3 is 5.97 Å². The van der Waals surface area contributed by atoms with E-state index in [9.17, 15) is 19.1 Å². The minimum atomic E-state index is -1.21. The van der Waals surface area contributed by atoms with E-state index in [0.717, 1.165) is 23.1 Å². The van der Waals surface area contributed by atoms with Crippen molar-refractivity contribution in [1.29, 1.82) is 0 Å². The molecular formula is C26H23ClFNO5. The third-order valence-electron chi connectivity index (χ3n) is 5.76. The maximum atomic E-state index is 13.1. The van der Waals surface area contributed by atoms with Crippen molar-refractivity contribution in [1.82, 2.24) is 0 Å². The number of fused-ring (bicyclic) bond motifs is 1. The van der Waals surface area contributed by atoms with Gasteiger partial charge in [-0.15, -0.1) is 0 Å². The van der Waals surface area contributed by atoms with Crippen LogP contribution in [0.2, 0.25) is 5.02 Å². The van der Waals surface area contributed by atoms with E-state index in [2.05, 4.69) is 5.32 Å². The second-order valence-electron chi connectivity index (χ2n) is 8.18. The number of aliphatic carboxylic acids is 1. The largest absolute Gasteiger partial charge is 0.508 e. The number of phenolic OH excluding ortho intramolecular Hbond substituents is 1. The van der Waals surface area contributed by atoms with Gasteiger partial charge in [0.1, 0.15) is 29.5 Å². The summed E-state index contributed by atoms with van der Waals surface area (Å²) in [7, 11) is 0. The SMILES string of the molecule is O=C(O)CC(=O)Nc1cc(Cl)c(Oc2ccc(O)c(CCc3ccc(F)cc3)c2)c2c1CCC2. The van der Waals surface area contributed by atoms with Gasteiger partial charge in [0.2, 0.25) is 5.91 Å². The molecule has 4 rings (SSSR count). The Labute approximate surface area is 201 Å². The smallest absolute Gasteiger partial charge is 0.312 e. The average molecular weight is 484 g/mol. The number of hydrogen-bond acceptors (Lipinski definition) is 4. The summed E-state index contributed by atoms with van der Waals surface area (Å²) in [5, 5.41) is 22.1. The number of carboxylic acids is 1. The average Bonchev–Trinajstić information content (AvgIpc) is 3.27. The molecule has 0 fully saturated rings. The molecule has 0 heterocycles. The number of aromatic hydroxyl groups is 1. The second kappa shape index (κ2) is 10.1. The van der Waals surface area contributed by atoms with Crippen molar-refractivity contribution < 1.29 is 28.9 Å². The summed E-state index contributed by atoms with van der Waals surface area (Å²) in [5.41, 5.74) is 3.90. The molecule has 3 aromatic rings. The molecule has 1 aliphatic rings. The Hall–Kier alpha value is -3.58. The minimum Gasteiger partial charge on any atom is -0.508 e. The van der Waals surface area contributed by atoms with Crippen molar-refractivity contribution in [2.24, 2.45) is 0 Å². The zero-order valence-corrected chi connectivity index (χ0v) is 19.0. The molecular weight excluding hydrogens is 461 g/mol. The maximum absolute atomic E-state index is 13.1. The van der Waals surface area contributed by atoms with Crippen molar-refractivity contribution >= 4 is 29.2 Å². The lowest BCUT2D eigenvalue weighted by atomic mass is 10.0. The molecule has 0 atom stereocenters. The van der Waals surface area contributed by atoms with Gasteiger partial charge in [-0.1, -0.05) is 23.7 Å². The lowest BCUT2D eigenvalue weighted by Crippen LogP contribution is -2.17. The molecule has 176 valence electrons. The number of amides is 1. The van der Waals surface area contributed by atoms with Gasteiger partial charge in [0.25, 0.3) is 0 Å². The van der Waals surface area contributed by atoms with Crippen LogP contribution in [0.25, 0.3) is 0 Å². The third kappa shape index (κ3) is 5.48. The molecule has 0 saturated heterocycles. The predicted octanol–water partition coefficient (Wildman–Crippen LogP) is 5.66. The van der Waals surface area contributed by atoms with E-state index in [1.54, 1.807) is 36.4 Å². The van der Waals surface area contributed by atoms with Gasteiger partial charge in [0.15, 0.2) is 0 Å². The Balaban J connectivity index is 1.55. The number of carbonyl (C=O) groups is 2. The number of anilines is 1. The van der Waals surface area contributed by atoms with E-state index in [4.69, 9.17) is 21.4 Å². The number of aryl methyl sites for hydroxylation is 2. The van der Waals surface area contributed by atoms with Gasteiger partial charge in [-0.05, 0) is 85.2 Å². The molecule has 1 amide bonds. The first-order valence-electron chi connectivity index (χ1n) is 10.9. The van der Waals surface area contributed by atoms with Crippen molar-refractivity contribution in [3.05, 3.63) is 81.6 Å². The molecule has 0 aromatic heterocycles. The highest BCUT2D eigenvalue weighted by molar-refractivity contribution is 6.32. The molecule has 1 aliphatic carbocycles. The molecule has 0 aliphatic heterocycles. The van der Waals surface area contributed by atoms with Crippen molar-refractivity contribution in [3.63, 3.8) is 0 Å². The monoisotopic (exact) mass is 483 g/mol. The summed E-state index contributed by atoms with van der Waals surface area (Å²) in [6.07, 6.45) is 2.81. The summed E-state index contributed by atoms with van der Waals surface area (Å²) in [4.78, 5) is 22.8. The van der Waals surface area contributed by atoms with Crippen LogP contribution in [0.5, 0.6) is 17.2 Å². The highest BCUT2D eigenvalue weighted by Crippen LogP contribution is 2.43. The summed E-state index contributed by atoms with van der Waals surface area (Å²) in [5.74, 6) is -0.981. The normalized spacial score (nSPS) is 12.3. The third-order valence-corrected chi connectivity index (χ3v) is 6.04. The molecule has 0 bridgehead atoms. The lowest BCUT2D eigenvalue weighted by molar-refractivity contribution is -0.139. The number of halogens is 2. The van der Waals surface area contributed by atoms with Crippen molar-refractivity contribution in [2.45, 2.75) is 38.5 Å². The maximum Gasteiger partial charge on any atom is 0.312 e. The minimum absolute atomic E-state index is 0.141. The first-order chi connectivity index (χ1) is 16.3. The van der Waals surface area contributed by atoms with Crippen LogP contribution in [-0.2, 0) is 35.3 Å². The Kier molecular flexibility index (Phi) is 7.03. The fraction of sp³-hybridized carbons (Fsp3) is 0.231. The van der Waals surface area contributed by atoms with E-state index in [1.807, 2.05) is 0 Å². The zero-order valence-electron chi connectivity index (χ0n) is 18.2. The Morgan fingerprint density at radius 1 is 1.03 bits per heavy atom. The van der Waals surface area contributed by atoms with E-state index in [0.29, 0.717) is 53.5 Å². The lowest BCUT2D eigenvalue weighted by Gasteiger charge is -2.17. The quantitative estimate of drug-likeness (QED) is 0.359. The highest BCUT2D eigenvalue weighted by Gasteiger charge is 2.24. The number of hydrogen-bond donors (Lipinski definition) is 3. The topological polar surface area (TPSA) is 95.9 Å². The number of phenols is 1. The zero-order chi connectivity index (χ0) is 24.2. The highest BCUT2D eigenvalue weighted by atomic mass is 35.5. The van der Waals surface area contributed by atoms with Gasteiger partial charge in [-0.25, -0.2) is 4.39 Å². The molecule has 0 unspecified atom stereocenters. The Morgan fingerprint density at radius 3 is 2.50 bits per heavy atom. The van der Waals surface area contributed by atoms with Gasteiger partial charge in [0.05, 0.1) is 5.02 Å². The Bertz CT molecular complexity index is 1240. The van der Waals surface area contributed by atoms with E-state index < -0.39 is 18.3 Å². The Morgan fingerprint density at radius 2 is 1.76 bits per heavy atom. The van der Waals surface area contributed by atoms with Crippen LogP contribution in [-0.4, -0.2) is 22.1 Å². The van der Waals surface area contributed by atoms with E-state index in [-0.39, 0.29) is 11.6 Å². The molecule has 0 radical (unpaired) electrons. The molecule has 0 spiro atoms. The van der Waals surface area contributed by atoms with Crippen LogP contribution in [0.1, 0.15) is 35.1 Å². The number of rotatable bonds is 8. The molecule has 0 saturated carbocycles. The number of nitrogens with one attached hydrogen (secondary N) is 1. The molecule has 8 heteroatoms. The first kappa shape index (κ1) is 23.6. The van der Waals surface area contributed by atoms with Crippen LogP contribution in [0.4, 0.5) is 10.1 Å². The van der Waals surface area contributed by atoms with Gasteiger partial charge in [0, 0.05) is 11.3 Å². The number of ether oxygens (including phenoxy) is 1. The fourth-order valence-electron chi connectivity index (χ4n) is 4.14. The summed E-state index contributed by atoms with van der Waals surface area (Å²) >= 11 is 6.50.